The van der Waals surface area contributed by atoms with Gasteiger partial charge in [0.15, 0.2) is 11.5 Å². The Morgan fingerprint density at radius 2 is 2.12 bits per heavy atom. The van der Waals surface area contributed by atoms with E-state index in [-0.39, 0.29) is 17.6 Å². The molecule has 1 aromatic carbocycles. The van der Waals surface area contributed by atoms with E-state index < -0.39 is 6.04 Å². The van der Waals surface area contributed by atoms with Crippen LogP contribution in [-0.2, 0) is 4.79 Å². The number of rotatable bonds is 4. The molecule has 0 bridgehead atoms. The molecule has 1 atom stereocenters. The zero-order chi connectivity index (χ0) is 13.0. The van der Waals surface area contributed by atoms with Crippen LogP contribution in [0.2, 0.25) is 0 Å². The summed E-state index contributed by atoms with van der Waals surface area (Å²) in [6.45, 7) is 3.74. The van der Waals surface area contributed by atoms with Crippen molar-refractivity contribution < 1.29 is 14.6 Å². The van der Waals surface area contributed by atoms with Gasteiger partial charge in [-0.1, -0.05) is 13.8 Å². The number of benzene rings is 1. The van der Waals surface area contributed by atoms with Gasteiger partial charge in [0.2, 0.25) is 5.91 Å². The highest BCUT2D eigenvalue weighted by atomic mass is 16.5. The molecule has 0 radical (unpaired) electrons. The van der Waals surface area contributed by atoms with E-state index >= 15 is 0 Å². The second-order valence-electron chi connectivity index (χ2n) is 4.15. The van der Waals surface area contributed by atoms with Gasteiger partial charge in [0.05, 0.1) is 13.2 Å². The van der Waals surface area contributed by atoms with Crippen LogP contribution >= 0.6 is 0 Å². The third kappa shape index (κ3) is 3.35. The van der Waals surface area contributed by atoms with E-state index in [1.54, 1.807) is 12.1 Å². The SMILES string of the molecule is COc1ccc(NC(=O)[C@H](N)C(C)C)cc1O. The van der Waals surface area contributed by atoms with Crippen LogP contribution in [-0.4, -0.2) is 24.2 Å². The zero-order valence-electron chi connectivity index (χ0n) is 10.2. The summed E-state index contributed by atoms with van der Waals surface area (Å²) < 4.78 is 4.90. The number of ether oxygens (including phenoxy) is 1. The minimum absolute atomic E-state index is 0.0246. The number of aromatic hydroxyl groups is 1. The Kier molecular flexibility index (Phi) is 4.34. The average molecular weight is 238 g/mol. The number of phenolic OH excluding ortho intramolecular Hbond substituents is 1. The maximum absolute atomic E-state index is 11.7. The normalized spacial score (nSPS) is 12.3. The van der Waals surface area contributed by atoms with E-state index in [9.17, 15) is 9.90 Å². The van der Waals surface area contributed by atoms with Crippen LogP contribution in [0.25, 0.3) is 0 Å². The summed E-state index contributed by atoms with van der Waals surface area (Å²) in [5, 5.41) is 12.2. The molecule has 0 saturated heterocycles. The van der Waals surface area contributed by atoms with Crippen molar-refractivity contribution in [3.05, 3.63) is 18.2 Å². The van der Waals surface area contributed by atoms with E-state index in [0.717, 1.165) is 0 Å². The standard InChI is InChI=1S/C12H18N2O3/c1-7(2)11(13)12(16)14-8-4-5-10(17-3)9(15)6-8/h4-7,11,15H,13H2,1-3H3,(H,14,16)/t11-/m1/s1. The summed E-state index contributed by atoms with van der Waals surface area (Å²) in [5.74, 6) is 0.117. The first-order valence-electron chi connectivity index (χ1n) is 5.39. The van der Waals surface area contributed by atoms with Crippen molar-refractivity contribution in [2.24, 2.45) is 11.7 Å². The Bertz CT molecular complexity index is 405. The van der Waals surface area contributed by atoms with E-state index in [1.807, 2.05) is 13.8 Å². The van der Waals surface area contributed by atoms with Crippen LogP contribution in [0, 0.1) is 5.92 Å². The minimum Gasteiger partial charge on any atom is -0.504 e. The molecule has 0 aromatic heterocycles. The van der Waals surface area contributed by atoms with E-state index in [2.05, 4.69) is 5.32 Å². The van der Waals surface area contributed by atoms with Crippen LogP contribution in [0.4, 0.5) is 5.69 Å². The molecule has 0 aliphatic carbocycles. The van der Waals surface area contributed by atoms with Gasteiger partial charge in [-0.05, 0) is 18.1 Å². The van der Waals surface area contributed by atoms with Gasteiger partial charge in [-0.25, -0.2) is 0 Å². The molecule has 0 aliphatic heterocycles. The lowest BCUT2D eigenvalue weighted by molar-refractivity contribution is -0.118. The molecular weight excluding hydrogens is 220 g/mol. The van der Waals surface area contributed by atoms with Crippen molar-refractivity contribution in [2.75, 3.05) is 12.4 Å². The van der Waals surface area contributed by atoms with Crippen molar-refractivity contribution >= 4 is 11.6 Å². The predicted molar refractivity (Wildman–Crippen MR) is 66.1 cm³/mol. The fraction of sp³-hybridized carbons (Fsp3) is 0.417. The first-order chi connectivity index (χ1) is 7.95. The first kappa shape index (κ1) is 13.3. The van der Waals surface area contributed by atoms with Gasteiger partial charge < -0.3 is 20.9 Å². The van der Waals surface area contributed by atoms with E-state index in [0.29, 0.717) is 11.4 Å². The highest BCUT2D eigenvalue weighted by Crippen LogP contribution is 2.28. The summed E-state index contributed by atoms with van der Waals surface area (Å²) in [5.41, 5.74) is 6.19. The van der Waals surface area contributed by atoms with Gasteiger partial charge in [-0.3, -0.25) is 4.79 Å². The maximum Gasteiger partial charge on any atom is 0.241 e. The molecule has 0 aliphatic rings. The predicted octanol–water partition coefficient (Wildman–Crippen LogP) is 1.32. The highest BCUT2D eigenvalue weighted by molar-refractivity contribution is 5.95. The lowest BCUT2D eigenvalue weighted by atomic mass is 10.0. The van der Waals surface area contributed by atoms with Crippen LogP contribution in [0.15, 0.2) is 18.2 Å². The molecule has 0 fully saturated rings. The second-order valence-corrected chi connectivity index (χ2v) is 4.15. The molecule has 17 heavy (non-hydrogen) atoms. The molecule has 4 N–H and O–H groups in total. The summed E-state index contributed by atoms with van der Waals surface area (Å²) >= 11 is 0. The third-order valence-electron chi connectivity index (χ3n) is 2.47. The Balaban J connectivity index is 2.76. The Labute approximate surface area is 101 Å². The van der Waals surface area contributed by atoms with Crippen LogP contribution < -0.4 is 15.8 Å². The van der Waals surface area contributed by atoms with Crippen molar-refractivity contribution in [1.82, 2.24) is 0 Å². The molecular formula is C12H18N2O3. The van der Waals surface area contributed by atoms with Crippen LogP contribution in [0.5, 0.6) is 11.5 Å². The molecule has 0 unspecified atom stereocenters. The van der Waals surface area contributed by atoms with Crippen LogP contribution in [0.3, 0.4) is 0 Å². The molecule has 5 nitrogen and oxygen atoms in total. The Morgan fingerprint density at radius 3 is 2.59 bits per heavy atom. The number of carbonyl (C=O) groups excluding carboxylic acids is 1. The molecule has 1 aromatic rings. The first-order valence-corrected chi connectivity index (χ1v) is 5.39. The lowest BCUT2D eigenvalue weighted by Gasteiger charge is -2.15. The molecule has 1 amide bonds. The zero-order valence-corrected chi connectivity index (χ0v) is 10.2. The molecule has 0 heterocycles. The fourth-order valence-electron chi connectivity index (χ4n) is 1.30. The molecule has 1 rings (SSSR count). The number of methoxy groups -OCH3 is 1. The maximum atomic E-state index is 11.7. The molecule has 0 saturated carbocycles. The summed E-state index contributed by atoms with van der Waals surface area (Å²) in [6, 6.07) is 4.07. The highest BCUT2D eigenvalue weighted by Gasteiger charge is 2.17. The number of nitrogens with two attached hydrogens (primary N) is 1. The molecule has 94 valence electrons. The number of nitrogens with one attached hydrogen (secondary N) is 1. The number of anilines is 1. The number of phenols is 1. The van der Waals surface area contributed by atoms with Gasteiger partial charge in [0, 0.05) is 11.8 Å². The Hall–Kier alpha value is -1.75. The monoisotopic (exact) mass is 238 g/mol. The van der Waals surface area contributed by atoms with Crippen molar-refractivity contribution in [3.8, 4) is 11.5 Å². The molecule has 0 spiro atoms. The van der Waals surface area contributed by atoms with Crippen molar-refractivity contribution in [3.63, 3.8) is 0 Å². The quantitative estimate of drug-likeness (QED) is 0.738. The second kappa shape index (κ2) is 5.54. The van der Waals surface area contributed by atoms with E-state index in [4.69, 9.17) is 10.5 Å². The summed E-state index contributed by atoms with van der Waals surface area (Å²) in [6.07, 6.45) is 0. The van der Waals surface area contributed by atoms with E-state index in [1.165, 1.54) is 13.2 Å². The number of carbonyl (C=O) groups is 1. The number of hydrogen-bond donors (Lipinski definition) is 3. The summed E-state index contributed by atoms with van der Waals surface area (Å²) in [7, 11) is 1.46. The number of hydrogen-bond acceptors (Lipinski definition) is 4. The van der Waals surface area contributed by atoms with Crippen molar-refractivity contribution in [1.29, 1.82) is 0 Å². The summed E-state index contributed by atoms with van der Waals surface area (Å²) in [4.78, 5) is 11.7. The Morgan fingerprint density at radius 1 is 1.47 bits per heavy atom. The fourth-order valence-corrected chi connectivity index (χ4v) is 1.30. The molecule has 5 heteroatoms. The average Bonchev–Trinajstić information content (AvgIpc) is 2.28. The smallest absolute Gasteiger partial charge is 0.241 e. The van der Waals surface area contributed by atoms with Gasteiger partial charge in [0.1, 0.15) is 0 Å². The van der Waals surface area contributed by atoms with Crippen molar-refractivity contribution in [2.45, 2.75) is 19.9 Å². The van der Waals surface area contributed by atoms with Gasteiger partial charge in [-0.15, -0.1) is 0 Å². The largest absolute Gasteiger partial charge is 0.504 e. The number of amides is 1. The van der Waals surface area contributed by atoms with Crippen LogP contribution in [0.1, 0.15) is 13.8 Å². The van der Waals surface area contributed by atoms with Gasteiger partial charge in [0.25, 0.3) is 0 Å². The van der Waals surface area contributed by atoms with Gasteiger partial charge >= 0.3 is 0 Å². The third-order valence-corrected chi connectivity index (χ3v) is 2.47. The lowest BCUT2D eigenvalue weighted by Crippen LogP contribution is -2.39. The topological polar surface area (TPSA) is 84.6 Å². The minimum atomic E-state index is -0.570. The van der Waals surface area contributed by atoms with Gasteiger partial charge in [-0.2, -0.15) is 0 Å².